The van der Waals surface area contributed by atoms with Gasteiger partial charge in [0.25, 0.3) is 0 Å². The number of carbonyl (C=O) groups excluding carboxylic acids is 1. The number of fused-ring (bicyclic) bond motifs is 1. The Morgan fingerprint density at radius 2 is 1.96 bits per heavy atom. The molecule has 1 heterocycles. The first-order chi connectivity index (χ1) is 11.9. The van der Waals surface area contributed by atoms with Crippen LogP contribution in [0, 0.1) is 13.8 Å². The fraction of sp³-hybridized carbons (Fsp3) is 0.263. The summed E-state index contributed by atoms with van der Waals surface area (Å²) < 4.78 is 7.17. The van der Waals surface area contributed by atoms with Gasteiger partial charge in [0.2, 0.25) is 0 Å². The normalized spacial score (nSPS) is 11.1. The van der Waals surface area contributed by atoms with E-state index >= 15 is 0 Å². The van der Waals surface area contributed by atoms with E-state index in [0.29, 0.717) is 28.8 Å². The lowest BCUT2D eigenvalue weighted by molar-refractivity contribution is 0.0526. The number of aryl methyl sites for hydroxylation is 2. The van der Waals surface area contributed by atoms with Crippen molar-refractivity contribution in [3.8, 4) is 0 Å². The zero-order valence-corrected chi connectivity index (χ0v) is 15.8. The zero-order chi connectivity index (χ0) is 18.1. The van der Waals surface area contributed by atoms with E-state index in [1.165, 1.54) is 0 Å². The Bertz CT molecular complexity index is 964. The predicted molar refractivity (Wildman–Crippen MR) is 101 cm³/mol. The Labute approximate surface area is 156 Å². The second-order valence-electron chi connectivity index (χ2n) is 5.86. The van der Waals surface area contributed by atoms with Gasteiger partial charge in [0.1, 0.15) is 5.82 Å². The van der Waals surface area contributed by atoms with Crippen LogP contribution in [0.5, 0.6) is 0 Å². The highest BCUT2D eigenvalue weighted by molar-refractivity contribution is 6.35. The molecule has 0 N–H and O–H groups in total. The van der Waals surface area contributed by atoms with Gasteiger partial charge in [-0.25, -0.2) is 9.78 Å². The van der Waals surface area contributed by atoms with Gasteiger partial charge in [0.05, 0.1) is 29.7 Å². The molecule has 0 radical (unpaired) electrons. The maximum atomic E-state index is 12.1. The molecule has 25 heavy (non-hydrogen) atoms. The van der Waals surface area contributed by atoms with E-state index in [1.54, 1.807) is 13.0 Å². The lowest BCUT2D eigenvalue weighted by Gasteiger charge is -2.10. The molecule has 0 atom stereocenters. The number of rotatable bonds is 4. The molecule has 0 aliphatic carbocycles. The minimum atomic E-state index is -0.331. The number of benzene rings is 2. The number of imidazole rings is 1. The minimum Gasteiger partial charge on any atom is -0.462 e. The Morgan fingerprint density at radius 3 is 2.64 bits per heavy atom. The first-order valence-corrected chi connectivity index (χ1v) is 8.74. The summed E-state index contributed by atoms with van der Waals surface area (Å²) in [6, 6.07) is 9.07. The SMILES string of the molecule is CCOC(=O)c1cc(C)c2nc(C)n(Cc3ccc(Cl)cc3Cl)c2c1. The Balaban J connectivity index is 2.11. The van der Waals surface area contributed by atoms with Crippen LogP contribution in [0.15, 0.2) is 30.3 Å². The average molecular weight is 377 g/mol. The molecule has 6 heteroatoms. The molecule has 0 unspecified atom stereocenters. The summed E-state index contributed by atoms with van der Waals surface area (Å²) in [7, 11) is 0. The predicted octanol–water partition coefficient (Wildman–Crippen LogP) is 5.18. The molecule has 3 aromatic rings. The van der Waals surface area contributed by atoms with Gasteiger partial charge in [-0.3, -0.25) is 0 Å². The van der Waals surface area contributed by atoms with Crippen molar-refractivity contribution in [3.05, 3.63) is 62.9 Å². The van der Waals surface area contributed by atoms with E-state index in [-0.39, 0.29) is 5.97 Å². The van der Waals surface area contributed by atoms with Gasteiger partial charge in [-0.1, -0.05) is 29.3 Å². The minimum absolute atomic E-state index is 0.331. The van der Waals surface area contributed by atoms with Crippen molar-refractivity contribution in [2.75, 3.05) is 6.61 Å². The van der Waals surface area contributed by atoms with Crippen molar-refractivity contribution < 1.29 is 9.53 Å². The fourth-order valence-electron chi connectivity index (χ4n) is 2.86. The molecule has 0 bridgehead atoms. The van der Waals surface area contributed by atoms with Crippen LogP contribution in [0.25, 0.3) is 11.0 Å². The highest BCUT2D eigenvalue weighted by atomic mass is 35.5. The van der Waals surface area contributed by atoms with Gasteiger partial charge < -0.3 is 9.30 Å². The molecule has 2 aromatic carbocycles. The number of nitrogens with zero attached hydrogens (tertiary/aromatic N) is 2. The van der Waals surface area contributed by atoms with Crippen molar-refractivity contribution in [1.82, 2.24) is 9.55 Å². The first-order valence-electron chi connectivity index (χ1n) is 7.99. The first kappa shape index (κ1) is 17.8. The van der Waals surface area contributed by atoms with Crippen molar-refractivity contribution in [2.24, 2.45) is 0 Å². The van der Waals surface area contributed by atoms with E-state index in [2.05, 4.69) is 4.98 Å². The molecule has 0 aliphatic rings. The molecule has 0 saturated carbocycles. The fourth-order valence-corrected chi connectivity index (χ4v) is 3.33. The maximum absolute atomic E-state index is 12.1. The maximum Gasteiger partial charge on any atom is 0.338 e. The highest BCUT2D eigenvalue weighted by Gasteiger charge is 2.16. The molecule has 0 fully saturated rings. The summed E-state index contributed by atoms with van der Waals surface area (Å²) in [5.41, 5.74) is 4.15. The topological polar surface area (TPSA) is 44.1 Å². The number of esters is 1. The molecule has 0 saturated heterocycles. The summed E-state index contributed by atoms with van der Waals surface area (Å²) in [6.07, 6.45) is 0. The highest BCUT2D eigenvalue weighted by Crippen LogP contribution is 2.26. The van der Waals surface area contributed by atoms with Gasteiger partial charge in [-0.15, -0.1) is 0 Å². The third kappa shape index (κ3) is 3.51. The number of halogens is 2. The molecule has 1 aromatic heterocycles. The number of hydrogen-bond acceptors (Lipinski definition) is 3. The standard InChI is InChI=1S/C19H18Cl2N2O2/c1-4-25-19(24)14-7-11(2)18-17(8-14)23(12(3)22-18)10-13-5-6-15(20)9-16(13)21/h5-9H,4,10H2,1-3H3. The van der Waals surface area contributed by atoms with Crippen molar-refractivity contribution >= 4 is 40.2 Å². The van der Waals surface area contributed by atoms with Crippen LogP contribution in [0.3, 0.4) is 0 Å². The van der Waals surface area contributed by atoms with E-state index in [1.807, 2.05) is 42.7 Å². The monoisotopic (exact) mass is 376 g/mol. The van der Waals surface area contributed by atoms with Crippen LogP contribution in [0.4, 0.5) is 0 Å². The van der Waals surface area contributed by atoms with Crippen LogP contribution in [0.2, 0.25) is 10.0 Å². The molecule has 0 spiro atoms. The summed E-state index contributed by atoms with van der Waals surface area (Å²) in [4.78, 5) is 16.8. The largest absolute Gasteiger partial charge is 0.462 e. The van der Waals surface area contributed by atoms with Crippen molar-refractivity contribution in [2.45, 2.75) is 27.3 Å². The molecule has 0 aliphatic heterocycles. The van der Waals surface area contributed by atoms with Crippen LogP contribution in [-0.4, -0.2) is 22.1 Å². The summed E-state index contributed by atoms with van der Waals surface area (Å²) >= 11 is 12.3. The van der Waals surface area contributed by atoms with E-state index < -0.39 is 0 Å². The Morgan fingerprint density at radius 1 is 1.20 bits per heavy atom. The lowest BCUT2D eigenvalue weighted by Crippen LogP contribution is -2.06. The molecule has 0 amide bonds. The van der Waals surface area contributed by atoms with Crippen LogP contribution in [0.1, 0.15) is 34.2 Å². The number of aromatic nitrogens is 2. The van der Waals surface area contributed by atoms with Gasteiger partial charge >= 0.3 is 5.97 Å². The quantitative estimate of drug-likeness (QED) is 0.588. The lowest BCUT2D eigenvalue weighted by atomic mass is 10.1. The Hall–Kier alpha value is -2.04. The van der Waals surface area contributed by atoms with Gasteiger partial charge in [-0.2, -0.15) is 0 Å². The van der Waals surface area contributed by atoms with Crippen molar-refractivity contribution in [1.29, 1.82) is 0 Å². The zero-order valence-electron chi connectivity index (χ0n) is 14.3. The summed E-state index contributed by atoms with van der Waals surface area (Å²) in [5, 5.41) is 1.20. The number of hydrogen-bond donors (Lipinski definition) is 0. The second-order valence-corrected chi connectivity index (χ2v) is 6.71. The van der Waals surface area contributed by atoms with Gasteiger partial charge in [0.15, 0.2) is 0 Å². The summed E-state index contributed by atoms with van der Waals surface area (Å²) in [6.45, 7) is 6.56. The third-order valence-corrected chi connectivity index (χ3v) is 4.68. The van der Waals surface area contributed by atoms with Crippen LogP contribution >= 0.6 is 23.2 Å². The van der Waals surface area contributed by atoms with Crippen LogP contribution < -0.4 is 0 Å². The molecule has 3 rings (SSSR count). The Kier molecular flexibility index (Phi) is 5.02. The number of carbonyl (C=O) groups is 1. The van der Waals surface area contributed by atoms with Crippen LogP contribution in [-0.2, 0) is 11.3 Å². The van der Waals surface area contributed by atoms with Crippen molar-refractivity contribution in [3.63, 3.8) is 0 Å². The summed E-state index contributed by atoms with van der Waals surface area (Å²) in [5.74, 6) is 0.521. The molecular weight excluding hydrogens is 359 g/mol. The van der Waals surface area contributed by atoms with E-state index in [4.69, 9.17) is 27.9 Å². The average Bonchev–Trinajstić information content (AvgIpc) is 2.87. The van der Waals surface area contributed by atoms with Gasteiger partial charge in [-0.05, 0) is 56.2 Å². The smallest absolute Gasteiger partial charge is 0.338 e. The molecular formula is C19H18Cl2N2O2. The molecule has 4 nitrogen and oxygen atoms in total. The van der Waals surface area contributed by atoms with E-state index in [9.17, 15) is 4.79 Å². The second kappa shape index (κ2) is 7.06. The van der Waals surface area contributed by atoms with Gasteiger partial charge in [0, 0.05) is 10.0 Å². The van der Waals surface area contributed by atoms with E-state index in [0.717, 1.165) is 28.0 Å². The number of ether oxygens (including phenoxy) is 1. The third-order valence-electron chi connectivity index (χ3n) is 4.09. The molecule has 130 valence electrons.